The molecule has 47 heavy (non-hydrogen) atoms. The summed E-state index contributed by atoms with van der Waals surface area (Å²) in [6.45, 7) is 4.69. The van der Waals surface area contributed by atoms with Crippen molar-refractivity contribution in [3.63, 3.8) is 0 Å². The van der Waals surface area contributed by atoms with Gasteiger partial charge in [0.05, 0.1) is 11.2 Å². The molecule has 240 valence electrons. The molecule has 0 radical (unpaired) electrons. The Hall–Kier alpha value is -5.86. The number of aromatic nitrogens is 3. The first-order chi connectivity index (χ1) is 22.8. The van der Waals surface area contributed by atoms with Gasteiger partial charge in [0.2, 0.25) is 0 Å². The highest BCUT2D eigenvalue weighted by atomic mass is 14.8. The third-order valence-electron chi connectivity index (χ3n) is 6.81. The van der Waals surface area contributed by atoms with Crippen LogP contribution < -0.4 is 22.9 Å². The number of rotatable bonds is 9. The molecule has 0 aliphatic heterocycles. The first kappa shape index (κ1) is 35.6. The van der Waals surface area contributed by atoms with Gasteiger partial charge >= 0.3 is 0 Å². The summed E-state index contributed by atoms with van der Waals surface area (Å²) in [7, 11) is 0. The van der Waals surface area contributed by atoms with Gasteiger partial charge in [0.1, 0.15) is 5.84 Å². The number of nitrogens with two attached hydrogens (primary N) is 4. The standard InChI is InChI=1S/C17H15N.C11H14N4.C11H15N3/c1-12-5-7-16(13(2)10-12)14-6-8-17-15(11-14)4-3-9-18-17;12-10(11(13)14)7-2-1-5-9-6-3-4-8-15-9;12-9-10(13)5-1-2-6-11-7-3-4-8-14-11/h3-11H,1-2H3;1-4,6-8H,5,12H2,(H3,13,14);1-5,7-8H,6,9,12-13H2/b;2-1-,10-7-;2-1-,10-5-. The molecule has 0 spiro atoms. The van der Waals surface area contributed by atoms with E-state index in [0.29, 0.717) is 12.2 Å². The number of nitrogens with zero attached hydrogens (tertiary/aromatic N) is 3. The van der Waals surface area contributed by atoms with E-state index in [-0.39, 0.29) is 11.5 Å². The van der Waals surface area contributed by atoms with E-state index in [1.165, 1.54) is 27.6 Å². The number of aryl methyl sites for hydroxylation is 2. The zero-order valence-electron chi connectivity index (χ0n) is 27.1. The molecule has 0 aliphatic carbocycles. The van der Waals surface area contributed by atoms with E-state index < -0.39 is 0 Å². The molecule has 0 saturated carbocycles. The van der Waals surface area contributed by atoms with Crippen LogP contribution in [0.1, 0.15) is 22.5 Å². The van der Waals surface area contributed by atoms with E-state index in [1.54, 1.807) is 24.5 Å². The van der Waals surface area contributed by atoms with Crippen LogP contribution in [0.15, 0.2) is 151 Å². The SMILES string of the molecule is Cc1ccc(-c2ccc3ncccc3c2)c(C)c1.N=C(N)/C(N)=C/C=C\Cc1ccccn1.NC/C(N)=C/C=C\Cc1ccccn1. The lowest BCUT2D eigenvalue weighted by Gasteiger charge is -2.08. The minimum Gasteiger partial charge on any atom is -0.401 e. The van der Waals surface area contributed by atoms with Crippen molar-refractivity contribution >= 4 is 16.7 Å². The van der Waals surface area contributed by atoms with Crippen molar-refractivity contribution in [1.82, 2.24) is 15.0 Å². The number of pyridine rings is 3. The van der Waals surface area contributed by atoms with Crippen LogP contribution in [0.5, 0.6) is 0 Å². The van der Waals surface area contributed by atoms with E-state index in [9.17, 15) is 0 Å². The van der Waals surface area contributed by atoms with Gasteiger partial charge in [-0.1, -0.05) is 72.3 Å². The predicted molar refractivity (Wildman–Crippen MR) is 196 cm³/mol. The van der Waals surface area contributed by atoms with E-state index in [4.69, 9.17) is 28.3 Å². The zero-order chi connectivity index (χ0) is 33.9. The number of hydrogen-bond acceptors (Lipinski definition) is 7. The summed E-state index contributed by atoms with van der Waals surface area (Å²) in [5.74, 6) is -0.113. The van der Waals surface area contributed by atoms with E-state index in [1.807, 2.05) is 73.0 Å². The third kappa shape index (κ3) is 13.0. The van der Waals surface area contributed by atoms with Gasteiger partial charge in [-0.25, -0.2) is 0 Å². The Morgan fingerprint density at radius 3 is 1.91 bits per heavy atom. The van der Waals surface area contributed by atoms with Crippen LogP contribution in [0.25, 0.3) is 22.0 Å². The third-order valence-corrected chi connectivity index (χ3v) is 6.81. The van der Waals surface area contributed by atoms with Crippen molar-refractivity contribution in [1.29, 1.82) is 5.41 Å². The largest absolute Gasteiger partial charge is 0.401 e. The van der Waals surface area contributed by atoms with Gasteiger partial charge in [0, 0.05) is 60.4 Å². The lowest BCUT2D eigenvalue weighted by atomic mass is 9.97. The number of nitrogens with one attached hydrogen (secondary N) is 1. The summed E-state index contributed by atoms with van der Waals surface area (Å²) in [5.41, 5.74) is 30.7. The van der Waals surface area contributed by atoms with Crippen molar-refractivity contribution in [3.05, 3.63) is 174 Å². The van der Waals surface area contributed by atoms with Crippen molar-refractivity contribution in [2.24, 2.45) is 22.9 Å². The second kappa shape index (κ2) is 19.5. The molecule has 0 saturated heterocycles. The van der Waals surface area contributed by atoms with Crippen LogP contribution in [0.4, 0.5) is 0 Å². The summed E-state index contributed by atoms with van der Waals surface area (Å²) in [5, 5.41) is 8.23. The fourth-order valence-corrected chi connectivity index (χ4v) is 4.32. The average Bonchev–Trinajstić information content (AvgIpc) is 3.09. The summed E-state index contributed by atoms with van der Waals surface area (Å²) >= 11 is 0. The molecule has 0 fully saturated rings. The molecule has 8 nitrogen and oxygen atoms in total. The number of fused-ring (bicyclic) bond motifs is 1. The molecule has 0 atom stereocenters. The fourth-order valence-electron chi connectivity index (χ4n) is 4.32. The maximum atomic E-state index is 7.04. The van der Waals surface area contributed by atoms with Crippen LogP contribution >= 0.6 is 0 Å². The summed E-state index contributed by atoms with van der Waals surface area (Å²) < 4.78 is 0. The molecular formula is C39H44N8. The Morgan fingerprint density at radius 2 is 1.34 bits per heavy atom. The Kier molecular flexibility index (Phi) is 14.8. The fraction of sp³-hybridized carbons (Fsp3) is 0.128. The van der Waals surface area contributed by atoms with Gasteiger partial charge in [0.25, 0.3) is 0 Å². The van der Waals surface area contributed by atoms with Gasteiger partial charge in [-0.2, -0.15) is 0 Å². The summed E-state index contributed by atoms with van der Waals surface area (Å²) in [4.78, 5) is 12.7. The maximum Gasteiger partial charge on any atom is 0.139 e. The van der Waals surface area contributed by atoms with E-state index >= 15 is 0 Å². The molecular weight excluding hydrogens is 580 g/mol. The van der Waals surface area contributed by atoms with Crippen molar-refractivity contribution in [2.45, 2.75) is 26.7 Å². The van der Waals surface area contributed by atoms with Crippen molar-refractivity contribution < 1.29 is 0 Å². The lowest BCUT2D eigenvalue weighted by Crippen LogP contribution is -2.18. The molecule has 5 aromatic rings. The Bertz CT molecular complexity index is 1820. The molecule has 0 bridgehead atoms. The average molecular weight is 625 g/mol. The van der Waals surface area contributed by atoms with Gasteiger partial charge < -0.3 is 22.9 Å². The van der Waals surface area contributed by atoms with Gasteiger partial charge in [-0.15, -0.1) is 0 Å². The zero-order valence-corrected chi connectivity index (χ0v) is 27.1. The van der Waals surface area contributed by atoms with Crippen LogP contribution in [-0.4, -0.2) is 27.3 Å². The number of benzene rings is 2. The number of amidine groups is 1. The second-order valence-electron chi connectivity index (χ2n) is 10.6. The second-order valence-corrected chi connectivity index (χ2v) is 10.6. The van der Waals surface area contributed by atoms with Crippen LogP contribution in [0.2, 0.25) is 0 Å². The molecule has 0 unspecified atom stereocenters. The highest BCUT2D eigenvalue weighted by Gasteiger charge is 2.03. The Morgan fingerprint density at radius 1 is 0.702 bits per heavy atom. The van der Waals surface area contributed by atoms with Gasteiger partial charge in [0.15, 0.2) is 0 Å². The van der Waals surface area contributed by atoms with E-state index in [0.717, 1.165) is 29.7 Å². The Labute approximate surface area is 277 Å². The lowest BCUT2D eigenvalue weighted by molar-refractivity contribution is 1.10. The molecule has 2 aromatic carbocycles. The maximum absolute atomic E-state index is 7.04. The minimum atomic E-state index is -0.113. The van der Waals surface area contributed by atoms with Crippen LogP contribution in [0, 0.1) is 19.3 Å². The Balaban J connectivity index is 0.000000194. The molecule has 0 amide bonds. The molecule has 3 heterocycles. The predicted octanol–water partition coefficient (Wildman–Crippen LogP) is 6.46. The van der Waals surface area contributed by atoms with E-state index in [2.05, 4.69) is 71.3 Å². The minimum absolute atomic E-state index is 0.113. The van der Waals surface area contributed by atoms with Crippen molar-refractivity contribution in [3.8, 4) is 11.1 Å². The van der Waals surface area contributed by atoms with Crippen molar-refractivity contribution in [2.75, 3.05) is 6.54 Å². The van der Waals surface area contributed by atoms with Crippen LogP contribution in [0.3, 0.4) is 0 Å². The summed E-state index contributed by atoms with van der Waals surface area (Å²) in [6.07, 6.45) is 17.9. The molecule has 5 rings (SSSR count). The smallest absolute Gasteiger partial charge is 0.139 e. The normalized spacial score (nSPS) is 11.6. The molecule has 8 heteroatoms. The number of allylic oxidation sites excluding steroid dienone is 6. The van der Waals surface area contributed by atoms with Gasteiger partial charge in [-0.05, 0) is 85.2 Å². The molecule has 0 aliphatic rings. The van der Waals surface area contributed by atoms with Gasteiger partial charge in [-0.3, -0.25) is 20.4 Å². The van der Waals surface area contributed by atoms with Crippen LogP contribution in [-0.2, 0) is 12.8 Å². The number of hydrogen-bond donors (Lipinski definition) is 5. The molecule has 9 N–H and O–H groups in total. The summed E-state index contributed by atoms with van der Waals surface area (Å²) in [6, 6.07) is 28.7. The topological polar surface area (TPSA) is 167 Å². The highest BCUT2D eigenvalue weighted by molar-refractivity contribution is 5.93. The quantitative estimate of drug-likeness (QED) is 0.0713. The first-order valence-corrected chi connectivity index (χ1v) is 15.3. The first-order valence-electron chi connectivity index (χ1n) is 15.3. The molecule has 3 aromatic heterocycles. The monoisotopic (exact) mass is 624 g/mol. The highest BCUT2D eigenvalue weighted by Crippen LogP contribution is 2.26.